The standard InChI is InChI=1S/C14H22N2O/c1-14(2,3)10-4-5-13-12(8-10)16-11(6-7-15)9-17-13/h4-5,8,11,16H,6-7,9,15H2,1-3H3. The highest BCUT2D eigenvalue weighted by atomic mass is 16.5. The molecular weight excluding hydrogens is 212 g/mol. The summed E-state index contributed by atoms with van der Waals surface area (Å²) in [4.78, 5) is 0. The van der Waals surface area contributed by atoms with Gasteiger partial charge in [-0.1, -0.05) is 26.8 Å². The number of nitrogens with one attached hydrogen (secondary N) is 1. The summed E-state index contributed by atoms with van der Waals surface area (Å²) in [5.41, 5.74) is 8.17. The second kappa shape index (κ2) is 4.57. The molecule has 1 aliphatic rings. The van der Waals surface area contributed by atoms with Gasteiger partial charge in [0.15, 0.2) is 0 Å². The van der Waals surface area contributed by atoms with E-state index in [-0.39, 0.29) is 5.41 Å². The van der Waals surface area contributed by atoms with Gasteiger partial charge in [0.25, 0.3) is 0 Å². The van der Waals surface area contributed by atoms with Crippen molar-refractivity contribution in [3.63, 3.8) is 0 Å². The molecule has 1 aromatic rings. The Morgan fingerprint density at radius 3 is 2.82 bits per heavy atom. The molecule has 3 heteroatoms. The van der Waals surface area contributed by atoms with Crippen molar-refractivity contribution in [3.05, 3.63) is 23.8 Å². The van der Waals surface area contributed by atoms with Crippen molar-refractivity contribution in [2.75, 3.05) is 18.5 Å². The number of benzene rings is 1. The van der Waals surface area contributed by atoms with Crippen LogP contribution in [0.3, 0.4) is 0 Å². The number of anilines is 1. The summed E-state index contributed by atoms with van der Waals surface area (Å²) in [7, 11) is 0. The van der Waals surface area contributed by atoms with Gasteiger partial charge in [0.1, 0.15) is 12.4 Å². The lowest BCUT2D eigenvalue weighted by Gasteiger charge is -2.29. The average molecular weight is 234 g/mol. The summed E-state index contributed by atoms with van der Waals surface area (Å²) in [5.74, 6) is 0.950. The van der Waals surface area contributed by atoms with E-state index in [1.54, 1.807) is 0 Å². The lowest BCUT2D eigenvalue weighted by Crippen LogP contribution is -2.33. The third kappa shape index (κ3) is 2.72. The van der Waals surface area contributed by atoms with Crippen LogP contribution in [0.4, 0.5) is 5.69 Å². The third-order valence-corrected chi connectivity index (χ3v) is 3.16. The van der Waals surface area contributed by atoms with E-state index in [4.69, 9.17) is 10.5 Å². The van der Waals surface area contributed by atoms with Crippen LogP contribution < -0.4 is 15.8 Å². The first-order valence-electron chi connectivity index (χ1n) is 6.24. The van der Waals surface area contributed by atoms with Gasteiger partial charge in [0.05, 0.1) is 11.7 Å². The molecular formula is C14H22N2O. The van der Waals surface area contributed by atoms with Crippen molar-refractivity contribution in [3.8, 4) is 5.75 Å². The first-order chi connectivity index (χ1) is 8.00. The van der Waals surface area contributed by atoms with E-state index in [1.807, 2.05) is 0 Å². The quantitative estimate of drug-likeness (QED) is 0.826. The zero-order chi connectivity index (χ0) is 12.5. The number of nitrogens with two attached hydrogens (primary N) is 1. The van der Waals surface area contributed by atoms with Crippen LogP contribution in [0, 0.1) is 0 Å². The highest BCUT2D eigenvalue weighted by Gasteiger charge is 2.21. The predicted molar refractivity (Wildman–Crippen MR) is 71.7 cm³/mol. The summed E-state index contributed by atoms with van der Waals surface area (Å²) in [6.45, 7) is 8.05. The number of hydrogen-bond acceptors (Lipinski definition) is 3. The van der Waals surface area contributed by atoms with Gasteiger partial charge in [-0.3, -0.25) is 0 Å². The van der Waals surface area contributed by atoms with E-state index in [0.29, 0.717) is 19.2 Å². The van der Waals surface area contributed by atoms with Crippen molar-refractivity contribution in [1.82, 2.24) is 0 Å². The fourth-order valence-corrected chi connectivity index (χ4v) is 2.04. The second-order valence-corrected chi connectivity index (χ2v) is 5.69. The van der Waals surface area contributed by atoms with Crippen LogP contribution in [0.2, 0.25) is 0 Å². The number of fused-ring (bicyclic) bond motifs is 1. The Kier molecular flexibility index (Phi) is 3.29. The molecule has 0 fully saturated rings. The Balaban J connectivity index is 2.23. The largest absolute Gasteiger partial charge is 0.489 e. The van der Waals surface area contributed by atoms with Gasteiger partial charge in [-0.2, -0.15) is 0 Å². The normalized spacial score (nSPS) is 19.2. The monoisotopic (exact) mass is 234 g/mol. The molecule has 0 amide bonds. The molecule has 2 rings (SSSR count). The molecule has 94 valence electrons. The molecule has 1 unspecified atom stereocenters. The maximum absolute atomic E-state index is 5.74. The number of hydrogen-bond donors (Lipinski definition) is 2. The Morgan fingerprint density at radius 1 is 1.41 bits per heavy atom. The molecule has 0 spiro atoms. The van der Waals surface area contributed by atoms with Crippen LogP contribution in [0.5, 0.6) is 5.75 Å². The minimum atomic E-state index is 0.164. The fraction of sp³-hybridized carbons (Fsp3) is 0.571. The van der Waals surface area contributed by atoms with Gasteiger partial charge in [-0.25, -0.2) is 0 Å². The van der Waals surface area contributed by atoms with Crippen LogP contribution in [-0.2, 0) is 5.41 Å². The summed E-state index contributed by atoms with van der Waals surface area (Å²) < 4.78 is 5.74. The molecule has 3 N–H and O–H groups in total. The molecule has 0 aromatic heterocycles. The average Bonchev–Trinajstić information content (AvgIpc) is 2.27. The Labute approximate surface area is 103 Å². The van der Waals surface area contributed by atoms with Gasteiger partial charge in [-0.15, -0.1) is 0 Å². The number of rotatable bonds is 2. The van der Waals surface area contributed by atoms with Crippen molar-refractivity contribution < 1.29 is 4.74 Å². The maximum Gasteiger partial charge on any atom is 0.142 e. The highest BCUT2D eigenvalue weighted by Crippen LogP contribution is 2.34. The molecule has 0 saturated carbocycles. The van der Waals surface area contributed by atoms with Crippen molar-refractivity contribution in [1.29, 1.82) is 0 Å². The second-order valence-electron chi connectivity index (χ2n) is 5.69. The zero-order valence-electron chi connectivity index (χ0n) is 10.9. The predicted octanol–water partition coefficient (Wildman–Crippen LogP) is 2.51. The van der Waals surface area contributed by atoms with Crippen LogP contribution in [0.15, 0.2) is 18.2 Å². The van der Waals surface area contributed by atoms with Crippen molar-refractivity contribution in [2.45, 2.75) is 38.6 Å². The molecule has 0 saturated heterocycles. The highest BCUT2D eigenvalue weighted by molar-refractivity contribution is 5.60. The van der Waals surface area contributed by atoms with E-state index in [2.05, 4.69) is 44.3 Å². The lowest BCUT2D eigenvalue weighted by molar-refractivity contribution is 0.279. The van der Waals surface area contributed by atoms with Crippen LogP contribution in [0.1, 0.15) is 32.8 Å². The maximum atomic E-state index is 5.74. The zero-order valence-corrected chi connectivity index (χ0v) is 10.9. The van der Waals surface area contributed by atoms with E-state index in [9.17, 15) is 0 Å². The summed E-state index contributed by atoms with van der Waals surface area (Å²) in [5, 5.41) is 3.51. The molecule has 0 radical (unpaired) electrons. The van der Waals surface area contributed by atoms with Crippen LogP contribution in [-0.4, -0.2) is 19.2 Å². The molecule has 1 aromatic carbocycles. The minimum Gasteiger partial charge on any atom is -0.489 e. The summed E-state index contributed by atoms with van der Waals surface area (Å²) >= 11 is 0. The van der Waals surface area contributed by atoms with Gasteiger partial charge >= 0.3 is 0 Å². The first kappa shape index (κ1) is 12.2. The van der Waals surface area contributed by atoms with E-state index in [1.165, 1.54) is 5.56 Å². The molecule has 1 aliphatic heterocycles. The first-order valence-corrected chi connectivity index (χ1v) is 6.24. The van der Waals surface area contributed by atoms with Crippen molar-refractivity contribution >= 4 is 5.69 Å². The van der Waals surface area contributed by atoms with Gasteiger partial charge in [0.2, 0.25) is 0 Å². The Morgan fingerprint density at radius 2 is 2.18 bits per heavy atom. The van der Waals surface area contributed by atoms with Gasteiger partial charge < -0.3 is 15.8 Å². The molecule has 1 atom stereocenters. The SMILES string of the molecule is CC(C)(C)c1ccc2c(c1)NC(CCN)CO2. The van der Waals surface area contributed by atoms with Gasteiger partial charge in [0, 0.05) is 0 Å². The van der Waals surface area contributed by atoms with E-state index < -0.39 is 0 Å². The van der Waals surface area contributed by atoms with E-state index >= 15 is 0 Å². The number of ether oxygens (including phenoxy) is 1. The summed E-state index contributed by atoms with van der Waals surface area (Å²) in [6.07, 6.45) is 0.944. The molecule has 0 bridgehead atoms. The molecule has 17 heavy (non-hydrogen) atoms. The Bertz CT molecular complexity index is 396. The molecule has 1 heterocycles. The fourth-order valence-electron chi connectivity index (χ4n) is 2.04. The van der Waals surface area contributed by atoms with Crippen LogP contribution in [0.25, 0.3) is 0 Å². The Hall–Kier alpha value is -1.22. The molecule has 3 nitrogen and oxygen atoms in total. The van der Waals surface area contributed by atoms with E-state index in [0.717, 1.165) is 17.9 Å². The van der Waals surface area contributed by atoms with Gasteiger partial charge in [-0.05, 0) is 36.1 Å². The van der Waals surface area contributed by atoms with Crippen LogP contribution >= 0.6 is 0 Å². The minimum absolute atomic E-state index is 0.164. The topological polar surface area (TPSA) is 47.3 Å². The smallest absolute Gasteiger partial charge is 0.142 e. The third-order valence-electron chi connectivity index (χ3n) is 3.16. The summed E-state index contributed by atoms with van der Waals surface area (Å²) in [6, 6.07) is 6.73. The van der Waals surface area contributed by atoms with Crippen molar-refractivity contribution in [2.24, 2.45) is 5.73 Å². The lowest BCUT2D eigenvalue weighted by atomic mass is 9.86. The molecule has 0 aliphatic carbocycles.